The van der Waals surface area contributed by atoms with Crippen molar-refractivity contribution in [3.63, 3.8) is 0 Å². The first-order valence-electron chi connectivity index (χ1n) is 8.57. The Labute approximate surface area is 174 Å². The minimum Gasteiger partial charge on any atom is -0.346 e. The number of amides is 2. The lowest BCUT2D eigenvalue weighted by Crippen LogP contribution is -2.36. The molecule has 0 saturated carbocycles. The van der Waals surface area contributed by atoms with Crippen LogP contribution in [-0.4, -0.2) is 39.7 Å². The number of carbonyl (C=O) groups is 2. The highest BCUT2D eigenvalue weighted by atomic mass is 35.5. The summed E-state index contributed by atoms with van der Waals surface area (Å²) in [7, 11) is 0. The molecule has 4 N–H and O–H groups in total. The predicted octanol–water partition coefficient (Wildman–Crippen LogP) is 1.67. The Morgan fingerprint density at radius 1 is 1.14 bits per heavy atom. The smallest absolute Gasteiger partial charge is 0.243 e. The molecule has 2 aromatic rings. The quantitative estimate of drug-likeness (QED) is 0.664. The lowest BCUT2D eigenvalue weighted by Gasteiger charge is -2.11. The van der Waals surface area contributed by atoms with Crippen LogP contribution in [0.3, 0.4) is 0 Å². The molecule has 0 radical (unpaired) electrons. The number of aromatic nitrogens is 3. The van der Waals surface area contributed by atoms with E-state index in [2.05, 4.69) is 20.8 Å². The molecule has 1 aromatic heterocycles. The van der Waals surface area contributed by atoms with E-state index in [1.807, 2.05) is 4.57 Å². The molecule has 0 atom stereocenters. The predicted molar refractivity (Wildman–Crippen MR) is 108 cm³/mol. The fraction of sp³-hybridized carbons (Fsp3) is 0.412. The van der Waals surface area contributed by atoms with Gasteiger partial charge in [0.25, 0.3) is 0 Å². The van der Waals surface area contributed by atoms with Crippen LogP contribution in [0.5, 0.6) is 0 Å². The van der Waals surface area contributed by atoms with E-state index >= 15 is 0 Å². The molecular formula is C17H23Cl2FN6O2. The number of halogens is 3. The van der Waals surface area contributed by atoms with Crippen LogP contribution in [0.4, 0.5) is 10.1 Å². The van der Waals surface area contributed by atoms with Crippen molar-refractivity contribution in [1.82, 2.24) is 20.1 Å². The number of hydrogen-bond acceptors (Lipinski definition) is 5. The van der Waals surface area contributed by atoms with Crippen molar-refractivity contribution >= 4 is 42.3 Å². The van der Waals surface area contributed by atoms with Crippen molar-refractivity contribution in [2.24, 2.45) is 5.73 Å². The SMILES string of the molecule is Cl.Cl.NCC(=O)NCC(=O)Nc1ccc(F)c(-c2nnc3n2CCCCC3)c1. The molecule has 3 rings (SSSR count). The number of aryl methyl sites for hydroxylation is 1. The van der Waals surface area contributed by atoms with Crippen LogP contribution >= 0.6 is 24.8 Å². The number of nitrogens with zero attached hydrogens (tertiary/aromatic N) is 3. The molecule has 0 spiro atoms. The van der Waals surface area contributed by atoms with Gasteiger partial charge in [0, 0.05) is 18.7 Å². The largest absolute Gasteiger partial charge is 0.346 e. The van der Waals surface area contributed by atoms with E-state index in [1.54, 1.807) is 0 Å². The summed E-state index contributed by atoms with van der Waals surface area (Å²) in [4.78, 5) is 23.0. The summed E-state index contributed by atoms with van der Waals surface area (Å²) >= 11 is 0. The van der Waals surface area contributed by atoms with Gasteiger partial charge in [-0.25, -0.2) is 4.39 Å². The highest BCUT2D eigenvalue weighted by Crippen LogP contribution is 2.27. The van der Waals surface area contributed by atoms with Gasteiger partial charge < -0.3 is 20.9 Å². The van der Waals surface area contributed by atoms with Crippen molar-refractivity contribution in [3.8, 4) is 11.4 Å². The molecule has 0 fully saturated rings. The number of nitrogens with one attached hydrogen (secondary N) is 2. The van der Waals surface area contributed by atoms with Crippen LogP contribution in [0.25, 0.3) is 11.4 Å². The first-order chi connectivity index (χ1) is 12.6. The van der Waals surface area contributed by atoms with Gasteiger partial charge in [-0.15, -0.1) is 35.0 Å². The Morgan fingerprint density at radius 2 is 1.93 bits per heavy atom. The summed E-state index contributed by atoms with van der Waals surface area (Å²) in [6.07, 6.45) is 3.98. The maximum Gasteiger partial charge on any atom is 0.243 e. The van der Waals surface area contributed by atoms with Crippen molar-refractivity contribution < 1.29 is 14.0 Å². The van der Waals surface area contributed by atoms with Crippen molar-refractivity contribution in [1.29, 1.82) is 0 Å². The number of nitrogens with two attached hydrogens (primary N) is 1. The topological polar surface area (TPSA) is 115 Å². The van der Waals surface area contributed by atoms with Crippen LogP contribution in [0.2, 0.25) is 0 Å². The lowest BCUT2D eigenvalue weighted by molar-refractivity contribution is -0.123. The van der Waals surface area contributed by atoms with E-state index in [0.717, 1.165) is 38.1 Å². The van der Waals surface area contributed by atoms with Gasteiger partial charge in [0.1, 0.15) is 11.6 Å². The van der Waals surface area contributed by atoms with Gasteiger partial charge in [-0.2, -0.15) is 0 Å². The number of carbonyl (C=O) groups excluding carboxylic acids is 2. The maximum absolute atomic E-state index is 14.4. The highest BCUT2D eigenvalue weighted by Gasteiger charge is 2.19. The van der Waals surface area contributed by atoms with E-state index in [-0.39, 0.29) is 43.5 Å². The summed E-state index contributed by atoms with van der Waals surface area (Å²) < 4.78 is 16.3. The number of fused-ring (bicyclic) bond motifs is 1. The second kappa shape index (κ2) is 10.9. The second-order valence-electron chi connectivity index (χ2n) is 6.13. The van der Waals surface area contributed by atoms with E-state index in [4.69, 9.17) is 5.73 Å². The third kappa shape index (κ3) is 5.63. The van der Waals surface area contributed by atoms with E-state index < -0.39 is 17.6 Å². The molecule has 1 aromatic carbocycles. The minimum atomic E-state index is -0.432. The van der Waals surface area contributed by atoms with E-state index in [0.29, 0.717) is 11.5 Å². The molecule has 2 amide bonds. The monoisotopic (exact) mass is 432 g/mol. The van der Waals surface area contributed by atoms with Gasteiger partial charge in [-0.05, 0) is 31.0 Å². The third-order valence-electron chi connectivity index (χ3n) is 4.23. The van der Waals surface area contributed by atoms with Gasteiger partial charge >= 0.3 is 0 Å². The first-order valence-corrected chi connectivity index (χ1v) is 8.57. The highest BCUT2D eigenvalue weighted by molar-refractivity contribution is 5.95. The summed E-state index contributed by atoms with van der Waals surface area (Å²) in [6, 6.07) is 4.27. The Morgan fingerprint density at radius 3 is 2.68 bits per heavy atom. The average molecular weight is 433 g/mol. The molecule has 11 heteroatoms. The second-order valence-corrected chi connectivity index (χ2v) is 6.13. The first kappa shape index (κ1) is 23.8. The van der Waals surface area contributed by atoms with E-state index in [9.17, 15) is 14.0 Å². The molecular weight excluding hydrogens is 410 g/mol. The normalized spacial score (nSPS) is 12.6. The van der Waals surface area contributed by atoms with Crippen LogP contribution < -0.4 is 16.4 Å². The van der Waals surface area contributed by atoms with Crippen LogP contribution in [0, 0.1) is 5.82 Å². The van der Waals surface area contributed by atoms with Crippen LogP contribution in [-0.2, 0) is 22.6 Å². The van der Waals surface area contributed by atoms with Crippen molar-refractivity contribution in [3.05, 3.63) is 29.8 Å². The van der Waals surface area contributed by atoms with Gasteiger partial charge in [-0.1, -0.05) is 6.42 Å². The van der Waals surface area contributed by atoms with Gasteiger partial charge in [0.2, 0.25) is 11.8 Å². The van der Waals surface area contributed by atoms with E-state index in [1.165, 1.54) is 18.2 Å². The number of benzene rings is 1. The number of rotatable bonds is 5. The third-order valence-corrected chi connectivity index (χ3v) is 4.23. The molecule has 8 nitrogen and oxygen atoms in total. The number of anilines is 1. The molecule has 0 bridgehead atoms. The van der Waals surface area contributed by atoms with Gasteiger partial charge in [0.05, 0.1) is 18.7 Å². The zero-order valence-corrected chi connectivity index (χ0v) is 16.7. The summed E-state index contributed by atoms with van der Waals surface area (Å²) in [6.45, 7) is 0.355. The number of hydrogen-bond donors (Lipinski definition) is 3. The summed E-state index contributed by atoms with van der Waals surface area (Å²) in [5, 5.41) is 13.3. The van der Waals surface area contributed by atoms with Crippen LogP contribution in [0.15, 0.2) is 18.2 Å². The molecule has 154 valence electrons. The Kier molecular flexibility index (Phi) is 9.30. The molecule has 28 heavy (non-hydrogen) atoms. The lowest BCUT2D eigenvalue weighted by atomic mass is 10.1. The Hall–Kier alpha value is -2.23. The van der Waals surface area contributed by atoms with Gasteiger partial charge in [0.15, 0.2) is 5.82 Å². The molecule has 0 unspecified atom stereocenters. The standard InChI is InChI=1S/C17H21FN6O2.2ClH/c18-13-6-5-11(21-16(26)10-20-15(25)9-19)8-12(13)17-23-22-14-4-2-1-3-7-24(14)17;;/h5-6,8H,1-4,7,9-10,19H2,(H,20,25)(H,21,26);2*1H. The fourth-order valence-corrected chi connectivity index (χ4v) is 2.91. The Bertz CT molecular complexity index is 830. The molecule has 0 aliphatic carbocycles. The maximum atomic E-state index is 14.4. The summed E-state index contributed by atoms with van der Waals surface area (Å²) in [5.41, 5.74) is 5.87. The van der Waals surface area contributed by atoms with Crippen molar-refractivity contribution in [2.45, 2.75) is 32.2 Å². The summed E-state index contributed by atoms with van der Waals surface area (Å²) in [5.74, 6) is 0.0391. The minimum absolute atomic E-state index is 0. The zero-order valence-electron chi connectivity index (χ0n) is 15.1. The zero-order chi connectivity index (χ0) is 18.5. The molecule has 0 saturated heterocycles. The molecule has 1 aliphatic rings. The van der Waals surface area contributed by atoms with Crippen LogP contribution in [0.1, 0.15) is 25.1 Å². The van der Waals surface area contributed by atoms with Crippen molar-refractivity contribution in [2.75, 3.05) is 18.4 Å². The Balaban J connectivity index is 0.00000196. The molecule has 1 aliphatic heterocycles. The van der Waals surface area contributed by atoms with Gasteiger partial charge in [-0.3, -0.25) is 9.59 Å². The fourth-order valence-electron chi connectivity index (χ4n) is 2.91. The molecule has 2 heterocycles. The average Bonchev–Trinajstić information content (AvgIpc) is 2.89.